The number of rotatable bonds is 3. The lowest BCUT2D eigenvalue weighted by atomic mass is 10.2. The van der Waals surface area contributed by atoms with Gasteiger partial charge in [-0.1, -0.05) is 11.6 Å². The Kier molecular flexibility index (Phi) is 4.00. The number of benzene rings is 2. The van der Waals surface area contributed by atoms with Crippen LogP contribution in [-0.4, -0.2) is 18.1 Å². The molecule has 0 aliphatic rings. The largest absolute Gasteiger partial charge is 0.506 e. The molecule has 0 aromatic heterocycles. The van der Waals surface area contributed by atoms with E-state index in [1.54, 1.807) is 24.3 Å². The average molecular weight is 293 g/mol. The number of methoxy groups -OCH3 is 1. The van der Waals surface area contributed by atoms with Gasteiger partial charge in [0.05, 0.1) is 23.5 Å². The predicted octanol–water partition coefficient (Wildman–Crippen LogP) is 2.89. The maximum Gasteiger partial charge on any atom is 0.255 e. The minimum atomic E-state index is -0.396. The van der Waals surface area contributed by atoms with Crippen molar-refractivity contribution in [3.63, 3.8) is 0 Å². The number of nitrogens with two attached hydrogens (primary N) is 1. The molecule has 2 aromatic carbocycles. The molecule has 0 atom stereocenters. The third-order valence-electron chi connectivity index (χ3n) is 2.72. The second-order valence-corrected chi connectivity index (χ2v) is 4.48. The van der Waals surface area contributed by atoms with Gasteiger partial charge in [-0.15, -0.1) is 0 Å². The van der Waals surface area contributed by atoms with Gasteiger partial charge >= 0.3 is 0 Å². The van der Waals surface area contributed by atoms with Crippen LogP contribution in [0.5, 0.6) is 11.5 Å². The zero-order chi connectivity index (χ0) is 14.7. The fourth-order valence-electron chi connectivity index (χ4n) is 1.61. The SMILES string of the molecule is COc1ccc(NC(=O)c2ccc(N)c(Cl)c2)c(O)c1. The summed E-state index contributed by atoms with van der Waals surface area (Å²) < 4.78 is 4.96. The van der Waals surface area contributed by atoms with Gasteiger partial charge in [0.1, 0.15) is 11.5 Å². The summed E-state index contributed by atoms with van der Waals surface area (Å²) in [6, 6.07) is 9.15. The van der Waals surface area contributed by atoms with Crippen LogP contribution in [0.3, 0.4) is 0 Å². The van der Waals surface area contributed by atoms with Crippen molar-refractivity contribution in [1.29, 1.82) is 0 Å². The number of hydrogen-bond acceptors (Lipinski definition) is 4. The molecule has 5 nitrogen and oxygen atoms in total. The highest BCUT2D eigenvalue weighted by Gasteiger charge is 2.11. The molecule has 2 aromatic rings. The van der Waals surface area contributed by atoms with E-state index < -0.39 is 5.91 Å². The Labute approximate surface area is 120 Å². The Hall–Kier alpha value is -2.40. The highest BCUT2D eigenvalue weighted by Crippen LogP contribution is 2.28. The number of carbonyl (C=O) groups excluding carboxylic acids is 1. The molecule has 0 fully saturated rings. The summed E-state index contributed by atoms with van der Waals surface area (Å²) in [6.07, 6.45) is 0. The van der Waals surface area contributed by atoms with Crippen LogP contribution in [0.4, 0.5) is 11.4 Å². The maximum absolute atomic E-state index is 12.0. The highest BCUT2D eigenvalue weighted by atomic mass is 35.5. The molecule has 0 aliphatic heterocycles. The number of nitrogens with one attached hydrogen (secondary N) is 1. The quantitative estimate of drug-likeness (QED) is 0.600. The average Bonchev–Trinajstić information content (AvgIpc) is 2.43. The molecule has 2 rings (SSSR count). The van der Waals surface area contributed by atoms with Crippen molar-refractivity contribution in [1.82, 2.24) is 0 Å². The molecule has 0 bridgehead atoms. The summed E-state index contributed by atoms with van der Waals surface area (Å²) in [6.45, 7) is 0. The van der Waals surface area contributed by atoms with E-state index in [4.69, 9.17) is 22.1 Å². The number of aromatic hydroxyl groups is 1. The van der Waals surface area contributed by atoms with Crippen LogP contribution in [0.2, 0.25) is 5.02 Å². The van der Waals surface area contributed by atoms with Gasteiger partial charge in [-0.05, 0) is 30.3 Å². The van der Waals surface area contributed by atoms with E-state index in [2.05, 4.69) is 5.32 Å². The third kappa shape index (κ3) is 2.95. The van der Waals surface area contributed by atoms with Crippen molar-refractivity contribution in [3.8, 4) is 11.5 Å². The van der Waals surface area contributed by atoms with Crippen molar-refractivity contribution < 1.29 is 14.6 Å². The maximum atomic E-state index is 12.0. The molecule has 0 heterocycles. The minimum absolute atomic E-state index is 0.0840. The Morgan fingerprint density at radius 3 is 2.65 bits per heavy atom. The first-order valence-electron chi connectivity index (χ1n) is 5.74. The lowest BCUT2D eigenvalue weighted by Gasteiger charge is -2.09. The molecule has 0 unspecified atom stereocenters. The zero-order valence-corrected chi connectivity index (χ0v) is 11.4. The van der Waals surface area contributed by atoms with E-state index in [0.29, 0.717) is 22.0 Å². The number of nitrogen functional groups attached to an aromatic ring is 1. The van der Waals surface area contributed by atoms with Gasteiger partial charge in [-0.25, -0.2) is 0 Å². The standard InChI is InChI=1S/C14H13ClN2O3/c1-20-9-3-5-12(13(18)7-9)17-14(19)8-2-4-11(16)10(15)6-8/h2-7,18H,16H2,1H3,(H,17,19). The molecule has 4 N–H and O–H groups in total. The number of ether oxygens (including phenoxy) is 1. The normalized spacial score (nSPS) is 10.1. The first-order chi connectivity index (χ1) is 9.51. The van der Waals surface area contributed by atoms with E-state index in [1.807, 2.05) is 0 Å². The van der Waals surface area contributed by atoms with E-state index in [1.165, 1.54) is 19.2 Å². The van der Waals surface area contributed by atoms with Gasteiger partial charge in [0, 0.05) is 11.6 Å². The molecule has 6 heteroatoms. The van der Waals surface area contributed by atoms with E-state index in [9.17, 15) is 9.90 Å². The summed E-state index contributed by atoms with van der Waals surface area (Å²) in [5.74, 6) is 0.0163. The highest BCUT2D eigenvalue weighted by molar-refractivity contribution is 6.33. The summed E-state index contributed by atoms with van der Waals surface area (Å²) in [5.41, 5.74) is 6.61. The van der Waals surface area contributed by atoms with E-state index in [0.717, 1.165) is 0 Å². The second kappa shape index (κ2) is 5.71. The molecule has 20 heavy (non-hydrogen) atoms. The van der Waals surface area contributed by atoms with Crippen molar-refractivity contribution in [2.45, 2.75) is 0 Å². The Bertz CT molecular complexity index is 659. The summed E-state index contributed by atoms with van der Waals surface area (Å²) in [5, 5.41) is 12.7. The number of amides is 1. The van der Waals surface area contributed by atoms with Crippen LogP contribution < -0.4 is 15.8 Å². The smallest absolute Gasteiger partial charge is 0.255 e. The number of carbonyl (C=O) groups is 1. The number of anilines is 2. The number of phenolic OH excluding ortho intramolecular Hbond substituents is 1. The van der Waals surface area contributed by atoms with Crippen molar-refractivity contribution in [2.75, 3.05) is 18.2 Å². The molecule has 0 saturated heterocycles. The fraction of sp³-hybridized carbons (Fsp3) is 0.0714. The molecule has 0 saturated carbocycles. The molecule has 0 radical (unpaired) electrons. The molecule has 0 spiro atoms. The molecule has 1 amide bonds. The monoisotopic (exact) mass is 292 g/mol. The van der Waals surface area contributed by atoms with Gasteiger partial charge in [0.15, 0.2) is 0 Å². The number of halogens is 1. The Morgan fingerprint density at radius 1 is 1.30 bits per heavy atom. The van der Waals surface area contributed by atoms with Crippen molar-refractivity contribution in [3.05, 3.63) is 47.0 Å². The molecule has 0 aliphatic carbocycles. The topological polar surface area (TPSA) is 84.6 Å². The van der Waals surface area contributed by atoms with Gasteiger partial charge in [-0.3, -0.25) is 4.79 Å². The van der Waals surface area contributed by atoms with Gasteiger partial charge in [0.2, 0.25) is 0 Å². The van der Waals surface area contributed by atoms with Crippen LogP contribution in [0, 0.1) is 0 Å². The van der Waals surface area contributed by atoms with Crippen molar-refractivity contribution >= 4 is 28.9 Å². The molecular weight excluding hydrogens is 280 g/mol. The van der Waals surface area contributed by atoms with Crippen molar-refractivity contribution in [2.24, 2.45) is 0 Å². The van der Waals surface area contributed by atoms with Crippen LogP contribution in [0.1, 0.15) is 10.4 Å². The Morgan fingerprint density at radius 2 is 2.05 bits per heavy atom. The minimum Gasteiger partial charge on any atom is -0.506 e. The first-order valence-corrected chi connectivity index (χ1v) is 6.12. The van der Waals surface area contributed by atoms with Gasteiger partial charge in [0.25, 0.3) is 5.91 Å². The lowest BCUT2D eigenvalue weighted by Crippen LogP contribution is -2.12. The predicted molar refractivity (Wildman–Crippen MR) is 78.5 cm³/mol. The zero-order valence-electron chi connectivity index (χ0n) is 10.7. The molecular formula is C14H13ClN2O3. The Balaban J connectivity index is 2.21. The molecule has 104 valence electrons. The van der Waals surface area contributed by atoms with Crippen LogP contribution in [0.15, 0.2) is 36.4 Å². The summed E-state index contributed by atoms with van der Waals surface area (Å²) in [4.78, 5) is 12.0. The van der Waals surface area contributed by atoms with Crippen LogP contribution in [-0.2, 0) is 0 Å². The summed E-state index contributed by atoms with van der Waals surface area (Å²) >= 11 is 5.86. The number of hydrogen-bond donors (Lipinski definition) is 3. The second-order valence-electron chi connectivity index (χ2n) is 4.07. The fourth-order valence-corrected chi connectivity index (χ4v) is 1.79. The van der Waals surface area contributed by atoms with E-state index in [-0.39, 0.29) is 11.4 Å². The first kappa shape index (κ1) is 14.0. The van der Waals surface area contributed by atoms with Crippen LogP contribution in [0.25, 0.3) is 0 Å². The van der Waals surface area contributed by atoms with Crippen LogP contribution >= 0.6 is 11.6 Å². The van der Waals surface area contributed by atoms with Gasteiger partial charge < -0.3 is 20.9 Å². The van der Waals surface area contributed by atoms with Gasteiger partial charge in [-0.2, -0.15) is 0 Å². The number of phenols is 1. The lowest BCUT2D eigenvalue weighted by molar-refractivity contribution is 0.102. The van der Waals surface area contributed by atoms with E-state index >= 15 is 0 Å². The summed E-state index contributed by atoms with van der Waals surface area (Å²) in [7, 11) is 1.49. The third-order valence-corrected chi connectivity index (χ3v) is 3.04.